The second-order valence-electron chi connectivity index (χ2n) is 8.91. The van der Waals surface area contributed by atoms with Gasteiger partial charge in [0.05, 0.1) is 0 Å². The lowest BCUT2D eigenvalue weighted by Gasteiger charge is -2.22. The summed E-state index contributed by atoms with van der Waals surface area (Å²) in [6, 6.07) is 13.5. The van der Waals surface area contributed by atoms with Gasteiger partial charge in [-0.25, -0.2) is 4.79 Å². The molecule has 1 heterocycles. The number of hydrogen-bond acceptors (Lipinski definition) is 3. The zero-order valence-corrected chi connectivity index (χ0v) is 19.7. The number of nitrogens with one attached hydrogen (secondary N) is 3. The molecule has 0 bridgehead atoms. The van der Waals surface area contributed by atoms with Crippen molar-refractivity contribution in [2.24, 2.45) is 5.92 Å². The standard InChI is InChI=1S/C26H34N4O3/c1-18(2)23(29-24(31)22-11-7-6-10-19(22)3)25(32)27-20-12-14-21(15-13-20)28-26(33)30-16-8-4-5-9-17-30/h6-7,10-15,18,23H,4-5,8-9,16-17H2,1-3H3,(H,27,32)(H,28,33)(H,29,31). The summed E-state index contributed by atoms with van der Waals surface area (Å²) in [6.45, 7) is 7.22. The predicted molar refractivity (Wildman–Crippen MR) is 131 cm³/mol. The molecule has 7 nitrogen and oxygen atoms in total. The second kappa shape index (κ2) is 11.5. The fourth-order valence-electron chi connectivity index (χ4n) is 3.91. The number of urea groups is 1. The molecule has 4 amide bonds. The lowest BCUT2D eigenvalue weighted by molar-refractivity contribution is -0.118. The van der Waals surface area contributed by atoms with Gasteiger partial charge in [-0.05, 0) is 61.6 Å². The molecule has 2 aromatic rings. The minimum Gasteiger partial charge on any atom is -0.340 e. The molecular formula is C26H34N4O3. The Morgan fingerprint density at radius 2 is 1.39 bits per heavy atom. The minimum absolute atomic E-state index is 0.0903. The maximum atomic E-state index is 12.9. The monoisotopic (exact) mass is 450 g/mol. The summed E-state index contributed by atoms with van der Waals surface area (Å²) in [5, 5.41) is 8.66. The molecule has 0 spiro atoms. The fourth-order valence-corrected chi connectivity index (χ4v) is 3.91. The smallest absolute Gasteiger partial charge is 0.321 e. The van der Waals surface area contributed by atoms with E-state index in [2.05, 4.69) is 16.0 Å². The van der Waals surface area contributed by atoms with Gasteiger partial charge in [0, 0.05) is 30.0 Å². The first-order chi connectivity index (χ1) is 15.8. The molecule has 176 valence electrons. The summed E-state index contributed by atoms with van der Waals surface area (Å²) in [6.07, 6.45) is 4.41. The number of amides is 4. The third kappa shape index (κ3) is 6.81. The van der Waals surface area contributed by atoms with Crippen LogP contribution in [0.1, 0.15) is 55.5 Å². The Balaban J connectivity index is 1.59. The van der Waals surface area contributed by atoms with Gasteiger partial charge in [0.15, 0.2) is 0 Å². The molecule has 0 saturated carbocycles. The summed E-state index contributed by atoms with van der Waals surface area (Å²) in [7, 11) is 0. The number of nitrogens with zero attached hydrogens (tertiary/aromatic N) is 1. The summed E-state index contributed by atoms with van der Waals surface area (Å²) in [4.78, 5) is 40.0. The number of benzene rings is 2. The van der Waals surface area contributed by atoms with Crippen LogP contribution in [-0.2, 0) is 4.79 Å². The van der Waals surface area contributed by atoms with Crippen LogP contribution in [0.15, 0.2) is 48.5 Å². The highest BCUT2D eigenvalue weighted by atomic mass is 16.2. The molecule has 0 aliphatic carbocycles. The lowest BCUT2D eigenvalue weighted by Crippen LogP contribution is -2.47. The summed E-state index contributed by atoms with van der Waals surface area (Å²) < 4.78 is 0. The molecule has 0 radical (unpaired) electrons. The normalized spacial score (nSPS) is 14.8. The Kier molecular flexibility index (Phi) is 8.46. The van der Waals surface area contributed by atoms with Gasteiger partial charge in [0.1, 0.15) is 6.04 Å². The van der Waals surface area contributed by atoms with Gasteiger partial charge in [-0.1, -0.05) is 44.9 Å². The number of rotatable bonds is 6. The first-order valence-corrected chi connectivity index (χ1v) is 11.7. The van der Waals surface area contributed by atoms with Crippen molar-refractivity contribution in [2.45, 2.75) is 52.5 Å². The largest absolute Gasteiger partial charge is 0.340 e. The van der Waals surface area contributed by atoms with E-state index >= 15 is 0 Å². The van der Waals surface area contributed by atoms with E-state index in [9.17, 15) is 14.4 Å². The number of hydrogen-bond donors (Lipinski definition) is 3. The third-order valence-electron chi connectivity index (χ3n) is 5.92. The van der Waals surface area contributed by atoms with Gasteiger partial charge < -0.3 is 20.9 Å². The van der Waals surface area contributed by atoms with Gasteiger partial charge in [-0.3, -0.25) is 9.59 Å². The minimum atomic E-state index is -0.681. The molecular weight excluding hydrogens is 416 g/mol. The molecule has 0 aromatic heterocycles. The van der Waals surface area contributed by atoms with Crippen molar-refractivity contribution in [3.63, 3.8) is 0 Å². The van der Waals surface area contributed by atoms with Crippen molar-refractivity contribution >= 4 is 29.2 Å². The van der Waals surface area contributed by atoms with Crippen molar-refractivity contribution in [3.8, 4) is 0 Å². The highest BCUT2D eigenvalue weighted by molar-refractivity contribution is 6.02. The van der Waals surface area contributed by atoms with E-state index in [1.54, 1.807) is 36.4 Å². The van der Waals surface area contributed by atoms with Crippen molar-refractivity contribution in [1.29, 1.82) is 0 Å². The van der Waals surface area contributed by atoms with Crippen molar-refractivity contribution in [2.75, 3.05) is 23.7 Å². The summed E-state index contributed by atoms with van der Waals surface area (Å²) >= 11 is 0. The van der Waals surface area contributed by atoms with Gasteiger partial charge >= 0.3 is 6.03 Å². The van der Waals surface area contributed by atoms with Crippen LogP contribution in [0.4, 0.5) is 16.2 Å². The van der Waals surface area contributed by atoms with Crippen LogP contribution in [0.2, 0.25) is 0 Å². The molecule has 1 fully saturated rings. The first-order valence-electron chi connectivity index (χ1n) is 11.7. The van der Waals surface area contributed by atoms with Gasteiger partial charge in [0.2, 0.25) is 5.91 Å². The maximum absolute atomic E-state index is 12.9. The van der Waals surface area contributed by atoms with Crippen LogP contribution in [0, 0.1) is 12.8 Å². The van der Waals surface area contributed by atoms with E-state index in [0.29, 0.717) is 16.9 Å². The van der Waals surface area contributed by atoms with Crippen molar-refractivity contribution in [1.82, 2.24) is 10.2 Å². The number of carbonyl (C=O) groups excluding carboxylic acids is 3. The molecule has 1 aliphatic rings. The summed E-state index contributed by atoms with van der Waals surface area (Å²) in [5.74, 6) is -0.646. The van der Waals surface area contributed by atoms with E-state index < -0.39 is 6.04 Å². The lowest BCUT2D eigenvalue weighted by atomic mass is 10.0. The van der Waals surface area contributed by atoms with Gasteiger partial charge in [0.25, 0.3) is 5.91 Å². The van der Waals surface area contributed by atoms with E-state index in [4.69, 9.17) is 0 Å². The maximum Gasteiger partial charge on any atom is 0.321 e. The Hall–Kier alpha value is -3.35. The van der Waals surface area contributed by atoms with E-state index in [-0.39, 0.29) is 23.8 Å². The zero-order chi connectivity index (χ0) is 23.8. The van der Waals surface area contributed by atoms with Crippen LogP contribution in [0.5, 0.6) is 0 Å². The SMILES string of the molecule is Cc1ccccc1C(=O)NC(C(=O)Nc1ccc(NC(=O)N2CCCCCC2)cc1)C(C)C. The van der Waals surface area contributed by atoms with Gasteiger partial charge in [-0.2, -0.15) is 0 Å². The Bertz CT molecular complexity index is 964. The number of likely N-dealkylation sites (tertiary alicyclic amines) is 1. The number of aryl methyl sites for hydroxylation is 1. The molecule has 7 heteroatoms. The summed E-state index contributed by atoms with van der Waals surface area (Å²) in [5.41, 5.74) is 2.69. The topological polar surface area (TPSA) is 90.5 Å². The quantitative estimate of drug-likeness (QED) is 0.591. The molecule has 3 rings (SSSR count). The molecule has 33 heavy (non-hydrogen) atoms. The Morgan fingerprint density at radius 3 is 1.97 bits per heavy atom. The van der Waals surface area contributed by atoms with Crippen LogP contribution >= 0.6 is 0 Å². The van der Waals surface area contributed by atoms with Crippen LogP contribution in [0.3, 0.4) is 0 Å². The third-order valence-corrected chi connectivity index (χ3v) is 5.92. The van der Waals surface area contributed by atoms with Gasteiger partial charge in [-0.15, -0.1) is 0 Å². The number of carbonyl (C=O) groups is 3. The predicted octanol–water partition coefficient (Wildman–Crippen LogP) is 4.80. The second-order valence-corrected chi connectivity index (χ2v) is 8.91. The zero-order valence-electron chi connectivity index (χ0n) is 19.7. The Labute approximate surface area is 195 Å². The van der Waals surface area contributed by atoms with Crippen molar-refractivity contribution < 1.29 is 14.4 Å². The van der Waals surface area contributed by atoms with E-state index in [0.717, 1.165) is 31.5 Å². The number of anilines is 2. The van der Waals surface area contributed by atoms with Crippen LogP contribution in [-0.4, -0.2) is 41.9 Å². The van der Waals surface area contributed by atoms with E-state index in [1.807, 2.05) is 37.8 Å². The van der Waals surface area contributed by atoms with Crippen LogP contribution in [0.25, 0.3) is 0 Å². The molecule has 3 N–H and O–H groups in total. The fraction of sp³-hybridized carbons (Fsp3) is 0.423. The highest BCUT2D eigenvalue weighted by Crippen LogP contribution is 2.17. The van der Waals surface area contributed by atoms with Crippen LogP contribution < -0.4 is 16.0 Å². The molecule has 2 aromatic carbocycles. The molecule has 1 atom stereocenters. The first kappa shape index (κ1) is 24.3. The van der Waals surface area contributed by atoms with Crippen molar-refractivity contribution in [3.05, 3.63) is 59.7 Å². The average Bonchev–Trinajstić information content (AvgIpc) is 3.08. The molecule has 1 unspecified atom stereocenters. The van der Waals surface area contributed by atoms with E-state index in [1.165, 1.54) is 12.8 Å². The average molecular weight is 451 g/mol. The molecule has 1 saturated heterocycles. The molecule has 1 aliphatic heterocycles. The Morgan fingerprint density at radius 1 is 0.818 bits per heavy atom. The highest BCUT2D eigenvalue weighted by Gasteiger charge is 2.25.